The third-order valence-corrected chi connectivity index (χ3v) is 3.41. The van der Waals surface area contributed by atoms with Crippen molar-refractivity contribution < 1.29 is 4.74 Å². The SMILES string of the molecule is Clc1ccc(COCCCN2CCNCC2)cc1. The maximum Gasteiger partial charge on any atom is 0.0716 e. The summed E-state index contributed by atoms with van der Waals surface area (Å²) in [5.41, 5.74) is 1.18. The zero-order chi connectivity index (χ0) is 12.6. The molecule has 100 valence electrons. The van der Waals surface area contributed by atoms with Crippen LogP contribution in [0.25, 0.3) is 0 Å². The van der Waals surface area contributed by atoms with Crippen LogP contribution < -0.4 is 5.32 Å². The first-order valence-electron chi connectivity index (χ1n) is 6.60. The largest absolute Gasteiger partial charge is 0.377 e. The van der Waals surface area contributed by atoms with E-state index in [0.717, 1.165) is 50.8 Å². The van der Waals surface area contributed by atoms with Crippen molar-refractivity contribution in [2.24, 2.45) is 0 Å². The molecule has 1 aromatic carbocycles. The van der Waals surface area contributed by atoms with Crippen molar-refractivity contribution in [3.8, 4) is 0 Å². The van der Waals surface area contributed by atoms with Gasteiger partial charge < -0.3 is 15.0 Å². The summed E-state index contributed by atoms with van der Waals surface area (Å²) < 4.78 is 5.67. The molecule has 0 aliphatic carbocycles. The van der Waals surface area contributed by atoms with E-state index < -0.39 is 0 Å². The van der Waals surface area contributed by atoms with E-state index in [1.54, 1.807) is 0 Å². The molecule has 1 aliphatic heterocycles. The number of nitrogens with zero attached hydrogens (tertiary/aromatic N) is 1. The molecule has 0 radical (unpaired) electrons. The van der Waals surface area contributed by atoms with Crippen LogP contribution >= 0.6 is 11.6 Å². The summed E-state index contributed by atoms with van der Waals surface area (Å²) in [6.07, 6.45) is 1.10. The fourth-order valence-corrected chi connectivity index (χ4v) is 2.22. The number of halogens is 1. The summed E-state index contributed by atoms with van der Waals surface area (Å²) >= 11 is 5.83. The van der Waals surface area contributed by atoms with Gasteiger partial charge in [-0.1, -0.05) is 23.7 Å². The van der Waals surface area contributed by atoms with Crippen molar-refractivity contribution in [1.82, 2.24) is 10.2 Å². The Balaban J connectivity index is 1.54. The molecule has 2 rings (SSSR count). The number of nitrogens with one attached hydrogen (secondary N) is 1. The zero-order valence-corrected chi connectivity index (χ0v) is 11.5. The van der Waals surface area contributed by atoms with E-state index in [1.165, 1.54) is 5.56 Å². The van der Waals surface area contributed by atoms with Gasteiger partial charge in [0.05, 0.1) is 6.61 Å². The van der Waals surface area contributed by atoms with Gasteiger partial charge in [-0.05, 0) is 24.1 Å². The molecule has 0 amide bonds. The van der Waals surface area contributed by atoms with E-state index in [-0.39, 0.29) is 0 Å². The van der Waals surface area contributed by atoms with Gasteiger partial charge in [-0.25, -0.2) is 0 Å². The molecule has 1 saturated heterocycles. The highest BCUT2D eigenvalue weighted by molar-refractivity contribution is 6.30. The van der Waals surface area contributed by atoms with Gasteiger partial charge in [0, 0.05) is 44.4 Å². The summed E-state index contributed by atoms with van der Waals surface area (Å²) in [6.45, 7) is 7.21. The van der Waals surface area contributed by atoms with Crippen LogP contribution in [-0.4, -0.2) is 44.2 Å². The second-order valence-electron chi connectivity index (χ2n) is 4.62. The van der Waals surface area contributed by atoms with Gasteiger partial charge >= 0.3 is 0 Å². The number of rotatable bonds is 6. The average molecular weight is 269 g/mol. The number of ether oxygens (including phenoxy) is 1. The Kier molecular flexibility index (Phi) is 5.94. The first-order chi connectivity index (χ1) is 8.84. The lowest BCUT2D eigenvalue weighted by Crippen LogP contribution is -2.43. The molecule has 0 unspecified atom stereocenters. The van der Waals surface area contributed by atoms with E-state index in [4.69, 9.17) is 16.3 Å². The van der Waals surface area contributed by atoms with E-state index >= 15 is 0 Å². The number of hydrogen-bond donors (Lipinski definition) is 1. The predicted octanol–water partition coefficient (Wildman–Crippen LogP) is 2.15. The van der Waals surface area contributed by atoms with E-state index in [0.29, 0.717) is 6.61 Å². The van der Waals surface area contributed by atoms with Gasteiger partial charge in [-0.3, -0.25) is 0 Å². The van der Waals surface area contributed by atoms with Gasteiger partial charge in [-0.2, -0.15) is 0 Å². The van der Waals surface area contributed by atoms with Gasteiger partial charge in [0.2, 0.25) is 0 Å². The lowest BCUT2D eigenvalue weighted by atomic mass is 10.2. The minimum absolute atomic E-state index is 0.679. The van der Waals surface area contributed by atoms with Gasteiger partial charge in [0.1, 0.15) is 0 Å². The van der Waals surface area contributed by atoms with Gasteiger partial charge in [0.25, 0.3) is 0 Å². The number of hydrogen-bond acceptors (Lipinski definition) is 3. The molecule has 3 nitrogen and oxygen atoms in total. The van der Waals surface area contributed by atoms with Crippen molar-refractivity contribution >= 4 is 11.6 Å². The lowest BCUT2D eigenvalue weighted by Gasteiger charge is -2.26. The molecule has 1 aliphatic rings. The third-order valence-electron chi connectivity index (χ3n) is 3.15. The molecule has 1 fully saturated rings. The van der Waals surface area contributed by atoms with Crippen LogP contribution in [-0.2, 0) is 11.3 Å². The second-order valence-corrected chi connectivity index (χ2v) is 5.06. The van der Waals surface area contributed by atoms with Crippen LogP contribution in [0.5, 0.6) is 0 Å². The molecular formula is C14H21ClN2O. The molecule has 0 atom stereocenters. The highest BCUT2D eigenvalue weighted by Gasteiger charge is 2.08. The van der Waals surface area contributed by atoms with Crippen molar-refractivity contribution in [2.45, 2.75) is 13.0 Å². The Morgan fingerprint density at radius 1 is 1.17 bits per heavy atom. The number of piperazine rings is 1. The molecule has 4 heteroatoms. The quantitative estimate of drug-likeness (QED) is 0.800. The highest BCUT2D eigenvalue weighted by atomic mass is 35.5. The highest BCUT2D eigenvalue weighted by Crippen LogP contribution is 2.10. The Morgan fingerprint density at radius 3 is 2.61 bits per heavy atom. The van der Waals surface area contributed by atoms with Crippen LogP contribution in [0, 0.1) is 0 Å². The topological polar surface area (TPSA) is 24.5 Å². The summed E-state index contributed by atoms with van der Waals surface area (Å²) in [6, 6.07) is 7.83. The summed E-state index contributed by atoms with van der Waals surface area (Å²) in [5.74, 6) is 0. The molecule has 0 saturated carbocycles. The van der Waals surface area contributed by atoms with Crippen molar-refractivity contribution in [3.63, 3.8) is 0 Å². The van der Waals surface area contributed by atoms with Crippen LogP contribution in [0.3, 0.4) is 0 Å². The minimum Gasteiger partial charge on any atom is -0.377 e. The van der Waals surface area contributed by atoms with Crippen LogP contribution in [0.1, 0.15) is 12.0 Å². The van der Waals surface area contributed by atoms with Crippen LogP contribution in [0.2, 0.25) is 5.02 Å². The normalized spacial score (nSPS) is 16.9. The molecule has 1 heterocycles. The molecular weight excluding hydrogens is 248 g/mol. The first kappa shape index (κ1) is 13.8. The van der Waals surface area contributed by atoms with Crippen molar-refractivity contribution in [1.29, 1.82) is 0 Å². The molecule has 0 aromatic heterocycles. The summed E-state index contributed by atoms with van der Waals surface area (Å²) in [7, 11) is 0. The zero-order valence-electron chi connectivity index (χ0n) is 10.7. The van der Waals surface area contributed by atoms with Crippen LogP contribution in [0.4, 0.5) is 0 Å². The second kappa shape index (κ2) is 7.74. The molecule has 18 heavy (non-hydrogen) atoms. The molecule has 1 N–H and O–H groups in total. The van der Waals surface area contributed by atoms with Crippen molar-refractivity contribution in [3.05, 3.63) is 34.9 Å². The first-order valence-corrected chi connectivity index (χ1v) is 6.98. The molecule has 0 spiro atoms. The van der Waals surface area contributed by atoms with Crippen molar-refractivity contribution in [2.75, 3.05) is 39.3 Å². The Hall–Kier alpha value is -0.610. The summed E-state index contributed by atoms with van der Waals surface area (Å²) in [5, 5.41) is 4.13. The predicted molar refractivity (Wildman–Crippen MR) is 75.0 cm³/mol. The Labute approximate surface area is 114 Å². The summed E-state index contributed by atoms with van der Waals surface area (Å²) in [4.78, 5) is 2.49. The van der Waals surface area contributed by atoms with E-state index in [2.05, 4.69) is 10.2 Å². The smallest absolute Gasteiger partial charge is 0.0716 e. The van der Waals surface area contributed by atoms with E-state index in [1.807, 2.05) is 24.3 Å². The fraction of sp³-hybridized carbons (Fsp3) is 0.571. The van der Waals surface area contributed by atoms with Crippen LogP contribution in [0.15, 0.2) is 24.3 Å². The Morgan fingerprint density at radius 2 is 1.89 bits per heavy atom. The Bertz CT molecular complexity index is 336. The molecule has 1 aromatic rings. The minimum atomic E-state index is 0.679. The third kappa shape index (κ3) is 4.94. The maximum absolute atomic E-state index is 5.83. The maximum atomic E-state index is 5.83. The average Bonchev–Trinajstić information content (AvgIpc) is 2.42. The van der Waals surface area contributed by atoms with E-state index in [9.17, 15) is 0 Å². The van der Waals surface area contributed by atoms with Gasteiger partial charge in [0.15, 0.2) is 0 Å². The standard InChI is InChI=1S/C14H21ClN2O/c15-14-4-2-13(3-5-14)12-18-11-1-8-17-9-6-16-7-10-17/h2-5,16H,1,6-12H2. The number of benzene rings is 1. The van der Waals surface area contributed by atoms with Gasteiger partial charge in [-0.15, -0.1) is 0 Å². The fourth-order valence-electron chi connectivity index (χ4n) is 2.10. The lowest BCUT2D eigenvalue weighted by molar-refractivity contribution is 0.106. The molecule has 0 bridgehead atoms. The monoisotopic (exact) mass is 268 g/mol.